The predicted molar refractivity (Wildman–Crippen MR) is 68.8 cm³/mol. The molecule has 0 unspecified atom stereocenters. The van der Waals surface area contributed by atoms with Gasteiger partial charge in [0.15, 0.2) is 6.29 Å². The fraction of sp³-hybridized carbons (Fsp3) is 0.333. The van der Waals surface area contributed by atoms with Crippen LogP contribution in [-0.4, -0.2) is 32.8 Å². The highest BCUT2D eigenvalue weighted by Crippen LogP contribution is 2.22. The minimum absolute atomic E-state index is 0.0292. The quantitative estimate of drug-likeness (QED) is 0.814. The summed E-state index contributed by atoms with van der Waals surface area (Å²) in [4.78, 5) is 23.9. The summed E-state index contributed by atoms with van der Waals surface area (Å²) in [6.45, 7) is 0.544. The van der Waals surface area contributed by atoms with E-state index >= 15 is 0 Å². The third-order valence-corrected chi connectivity index (χ3v) is 2.72. The van der Waals surface area contributed by atoms with Gasteiger partial charge < -0.3 is 10.2 Å². The summed E-state index contributed by atoms with van der Waals surface area (Å²) in [7, 11) is 3.43. The Morgan fingerprint density at radius 2 is 2.24 bits per heavy atom. The van der Waals surface area contributed by atoms with Crippen LogP contribution in [0.3, 0.4) is 0 Å². The summed E-state index contributed by atoms with van der Waals surface area (Å²) in [5.74, 6) is -0.0292. The topological polar surface area (TPSA) is 49.4 Å². The number of amides is 1. The molecule has 4 nitrogen and oxygen atoms in total. The van der Waals surface area contributed by atoms with E-state index in [-0.39, 0.29) is 5.91 Å². The molecule has 1 aromatic rings. The second-order valence-electron chi connectivity index (χ2n) is 3.67. The molecule has 0 atom stereocenters. The normalized spacial score (nSPS) is 9.82. The molecular weight excluding hydrogens is 240 g/mol. The molecule has 0 aliphatic rings. The van der Waals surface area contributed by atoms with Crippen LogP contribution in [0.25, 0.3) is 0 Å². The summed E-state index contributed by atoms with van der Waals surface area (Å²) >= 11 is 5.81. The van der Waals surface area contributed by atoms with E-state index in [2.05, 4.69) is 5.32 Å². The van der Waals surface area contributed by atoms with Gasteiger partial charge in [-0.1, -0.05) is 11.6 Å². The number of aldehydes is 1. The Morgan fingerprint density at radius 1 is 1.53 bits per heavy atom. The Bertz CT molecular complexity index is 421. The summed E-state index contributed by atoms with van der Waals surface area (Å²) in [6, 6.07) is 5.11. The highest BCUT2D eigenvalue weighted by atomic mass is 35.5. The van der Waals surface area contributed by atoms with E-state index in [4.69, 9.17) is 11.6 Å². The van der Waals surface area contributed by atoms with Crippen molar-refractivity contribution in [2.45, 2.75) is 6.42 Å². The molecule has 0 aliphatic heterocycles. The highest BCUT2D eigenvalue weighted by molar-refractivity contribution is 6.31. The number of carbonyl (C=O) groups is 2. The molecule has 0 spiro atoms. The van der Waals surface area contributed by atoms with Crippen LogP contribution in [0.1, 0.15) is 16.8 Å². The van der Waals surface area contributed by atoms with E-state index in [1.165, 1.54) is 0 Å². The van der Waals surface area contributed by atoms with Crippen molar-refractivity contribution in [1.82, 2.24) is 5.32 Å². The first-order valence-corrected chi connectivity index (χ1v) is 5.62. The fourth-order valence-electron chi connectivity index (χ4n) is 1.48. The van der Waals surface area contributed by atoms with Crippen molar-refractivity contribution >= 4 is 29.5 Å². The molecular formula is C12H15ClN2O2. The zero-order chi connectivity index (χ0) is 12.8. The highest BCUT2D eigenvalue weighted by Gasteiger charge is 2.09. The number of benzene rings is 1. The van der Waals surface area contributed by atoms with Gasteiger partial charge in [0.05, 0.1) is 0 Å². The second kappa shape index (κ2) is 6.25. The van der Waals surface area contributed by atoms with Gasteiger partial charge in [-0.25, -0.2) is 0 Å². The number of nitrogens with one attached hydrogen (secondary N) is 1. The maximum absolute atomic E-state index is 11.1. The van der Waals surface area contributed by atoms with Crippen LogP contribution in [0.4, 0.5) is 5.69 Å². The molecule has 0 bridgehead atoms. The second-order valence-corrected chi connectivity index (χ2v) is 4.10. The zero-order valence-corrected chi connectivity index (χ0v) is 10.6. The van der Waals surface area contributed by atoms with Gasteiger partial charge in [-0.2, -0.15) is 0 Å². The zero-order valence-electron chi connectivity index (χ0n) is 9.87. The van der Waals surface area contributed by atoms with E-state index in [1.807, 2.05) is 11.9 Å². The van der Waals surface area contributed by atoms with E-state index in [0.717, 1.165) is 12.0 Å². The standard InChI is InChI=1S/C12H15ClN2O2/c1-14-12(17)5-6-15(2)11-4-3-10(13)7-9(11)8-16/h3-4,7-8H,5-6H2,1-2H3,(H,14,17). The first-order chi connectivity index (χ1) is 8.08. The van der Waals surface area contributed by atoms with Crippen molar-refractivity contribution in [2.24, 2.45) is 0 Å². The molecule has 17 heavy (non-hydrogen) atoms. The average Bonchev–Trinajstić information content (AvgIpc) is 2.35. The number of halogens is 1. The van der Waals surface area contributed by atoms with E-state index in [1.54, 1.807) is 25.2 Å². The Hall–Kier alpha value is -1.55. The van der Waals surface area contributed by atoms with Gasteiger partial charge in [0, 0.05) is 43.3 Å². The van der Waals surface area contributed by atoms with Crippen LogP contribution < -0.4 is 10.2 Å². The maximum Gasteiger partial charge on any atom is 0.221 e. The molecule has 0 radical (unpaired) electrons. The molecule has 1 amide bonds. The number of hydrogen-bond donors (Lipinski definition) is 1. The van der Waals surface area contributed by atoms with Crippen LogP contribution in [0.5, 0.6) is 0 Å². The molecule has 0 saturated heterocycles. The van der Waals surface area contributed by atoms with Crippen LogP contribution in [0, 0.1) is 0 Å². The van der Waals surface area contributed by atoms with E-state index in [0.29, 0.717) is 23.6 Å². The van der Waals surface area contributed by atoms with Crippen molar-refractivity contribution in [3.05, 3.63) is 28.8 Å². The molecule has 92 valence electrons. The van der Waals surface area contributed by atoms with Gasteiger partial charge in [-0.05, 0) is 18.2 Å². The van der Waals surface area contributed by atoms with Gasteiger partial charge >= 0.3 is 0 Å². The minimum Gasteiger partial charge on any atom is -0.373 e. The number of hydrogen-bond acceptors (Lipinski definition) is 3. The molecule has 1 N–H and O–H groups in total. The lowest BCUT2D eigenvalue weighted by molar-refractivity contribution is -0.120. The summed E-state index contributed by atoms with van der Waals surface area (Å²) < 4.78 is 0. The van der Waals surface area contributed by atoms with Crippen LogP contribution in [-0.2, 0) is 4.79 Å². The van der Waals surface area contributed by atoms with Gasteiger partial charge in [-0.15, -0.1) is 0 Å². The first kappa shape index (κ1) is 13.5. The molecule has 1 rings (SSSR count). The Labute approximate surface area is 106 Å². The van der Waals surface area contributed by atoms with Crippen LogP contribution in [0.2, 0.25) is 5.02 Å². The molecule has 0 aliphatic carbocycles. The molecule has 5 heteroatoms. The van der Waals surface area contributed by atoms with Crippen LogP contribution in [0.15, 0.2) is 18.2 Å². The van der Waals surface area contributed by atoms with Gasteiger partial charge in [0.25, 0.3) is 0 Å². The third-order valence-electron chi connectivity index (χ3n) is 2.48. The number of carbonyl (C=O) groups excluding carboxylic acids is 2. The molecule has 0 aromatic heterocycles. The fourth-order valence-corrected chi connectivity index (χ4v) is 1.66. The lowest BCUT2D eigenvalue weighted by Gasteiger charge is -2.20. The summed E-state index contributed by atoms with van der Waals surface area (Å²) in [6.07, 6.45) is 1.14. The molecule has 0 heterocycles. The third kappa shape index (κ3) is 3.75. The van der Waals surface area contributed by atoms with Gasteiger partial charge in [0.1, 0.15) is 0 Å². The smallest absolute Gasteiger partial charge is 0.221 e. The van der Waals surface area contributed by atoms with Gasteiger partial charge in [0.2, 0.25) is 5.91 Å². The number of rotatable bonds is 5. The predicted octanol–water partition coefficient (Wildman–Crippen LogP) is 1.72. The maximum atomic E-state index is 11.1. The number of nitrogens with zero attached hydrogens (tertiary/aromatic N) is 1. The van der Waals surface area contributed by atoms with Crippen molar-refractivity contribution in [2.75, 3.05) is 25.5 Å². The Kier molecular flexibility index (Phi) is 4.97. The van der Waals surface area contributed by atoms with Crippen molar-refractivity contribution < 1.29 is 9.59 Å². The van der Waals surface area contributed by atoms with Crippen molar-refractivity contribution in [3.8, 4) is 0 Å². The van der Waals surface area contributed by atoms with Crippen molar-refractivity contribution in [1.29, 1.82) is 0 Å². The Balaban J connectivity index is 2.77. The van der Waals surface area contributed by atoms with Gasteiger partial charge in [-0.3, -0.25) is 9.59 Å². The molecule has 0 saturated carbocycles. The summed E-state index contributed by atoms with van der Waals surface area (Å²) in [5, 5.41) is 3.08. The molecule has 0 fully saturated rings. The average molecular weight is 255 g/mol. The first-order valence-electron chi connectivity index (χ1n) is 5.25. The number of anilines is 1. The minimum atomic E-state index is -0.0292. The Morgan fingerprint density at radius 3 is 2.82 bits per heavy atom. The van der Waals surface area contributed by atoms with Crippen molar-refractivity contribution in [3.63, 3.8) is 0 Å². The van der Waals surface area contributed by atoms with E-state index in [9.17, 15) is 9.59 Å². The monoisotopic (exact) mass is 254 g/mol. The lowest BCUT2D eigenvalue weighted by Crippen LogP contribution is -2.26. The lowest BCUT2D eigenvalue weighted by atomic mass is 10.1. The van der Waals surface area contributed by atoms with Crippen LogP contribution >= 0.6 is 11.6 Å². The largest absolute Gasteiger partial charge is 0.373 e. The van der Waals surface area contributed by atoms with E-state index < -0.39 is 0 Å². The SMILES string of the molecule is CNC(=O)CCN(C)c1ccc(Cl)cc1C=O. The molecule has 1 aromatic carbocycles. The summed E-state index contributed by atoms with van der Waals surface area (Å²) in [5.41, 5.74) is 1.30.